The first-order valence-electron chi connectivity index (χ1n) is 8.50. The van der Waals surface area contributed by atoms with Gasteiger partial charge in [-0.1, -0.05) is 13.3 Å². The van der Waals surface area contributed by atoms with Crippen molar-refractivity contribution in [3.8, 4) is 0 Å². The zero-order valence-electron chi connectivity index (χ0n) is 14.4. The largest absolute Gasteiger partial charge is 0.444 e. The monoisotopic (exact) mass is 332 g/mol. The van der Waals surface area contributed by atoms with Crippen molar-refractivity contribution in [2.24, 2.45) is 5.92 Å². The number of anilines is 1. The number of nitrogens with one attached hydrogen (secondary N) is 2. The quantitative estimate of drug-likeness (QED) is 0.895. The van der Waals surface area contributed by atoms with Crippen molar-refractivity contribution in [1.82, 2.24) is 15.1 Å². The van der Waals surface area contributed by atoms with Crippen LogP contribution in [0.1, 0.15) is 37.6 Å². The number of aryl methyl sites for hydroxylation is 2. The van der Waals surface area contributed by atoms with E-state index in [2.05, 4.69) is 27.3 Å². The van der Waals surface area contributed by atoms with Crippen molar-refractivity contribution in [1.29, 1.82) is 0 Å². The van der Waals surface area contributed by atoms with E-state index in [1.807, 2.05) is 0 Å². The van der Waals surface area contributed by atoms with Gasteiger partial charge in [0.05, 0.1) is 17.6 Å². The topological polar surface area (TPSA) is 91.2 Å². The summed E-state index contributed by atoms with van der Waals surface area (Å²) in [5.74, 6) is 1.30. The number of likely N-dealkylation sites (tertiary alicyclic amines) is 1. The molecule has 2 N–H and O–H groups in total. The lowest BCUT2D eigenvalue weighted by atomic mass is 9.96. The van der Waals surface area contributed by atoms with Crippen LogP contribution in [0.2, 0.25) is 0 Å². The summed E-state index contributed by atoms with van der Waals surface area (Å²) in [7, 11) is 0. The molecular formula is C17H24N4O3. The highest BCUT2D eigenvalue weighted by Gasteiger charge is 2.22. The van der Waals surface area contributed by atoms with E-state index in [4.69, 9.17) is 4.42 Å². The fraction of sp³-hybridized carbons (Fsp3) is 0.588. The van der Waals surface area contributed by atoms with Crippen molar-refractivity contribution in [2.75, 3.05) is 25.0 Å². The summed E-state index contributed by atoms with van der Waals surface area (Å²) in [6, 6.07) is 0. The predicted octanol–water partition coefficient (Wildman–Crippen LogP) is 2.19. The van der Waals surface area contributed by atoms with Crippen LogP contribution in [0.5, 0.6) is 0 Å². The van der Waals surface area contributed by atoms with Gasteiger partial charge in [0.1, 0.15) is 11.1 Å². The van der Waals surface area contributed by atoms with Gasteiger partial charge in [-0.05, 0) is 39.2 Å². The SMILES string of the molecule is CC[C@@H]1CCCN(CC(=O)Nc2oc(C)c3c(C)n[nH]c(=O)c23)C1. The molecule has 1 aliphatic rings. The lowest BCUT2D eigenvalue weighted by Gasteiger charge is -2.31. The maximum absolute atomic E-state index is 12.4. The second-order valence-corrected chi connectivity index (χ2v) is 6.58. The van der Waals surface area contributed by atoms with E-state index in [-0.39, 0.29) is 17.4 Å². The van der Waals surface area contributed by atoms with Gasteiger partial charge in [-0.3, -0.25) is 19.8 Å². The summed E-state index contributed by atoms with van der Waals surface area (Å²) in [5, 5.41) is 10.2. The van der Waals surface area contributed by atoms with Gasteiger partial charge in [-0.25, -0.2) is 5.10 Å². The highest BCUT2D eigenvalue weighted by atomic mass is 16.4. The summed E-state index contributed by atoms with van der Waals surface area (Å²) in [5.41, 5.74) is 0.319. The van der Waals surface area contributed by atoms with Gasteiger partial charge < -0.3 is 4.42 Å². The van der Waals surface area contributed by atoms with Crippen LogP contribution < -0.4 is 10.9 Å². The van der Waals surface area contributed by atoms with Crippen LogP contribution in [0.4, 0.5) is 5.88 Å². The first kappa shape index (κ1) is 16.7. The normalized spacial score (nSPS) is 18.9. The lowest BCUT2D eigenvalue weighted by molar-refractivity contribution is -0.117. The van der Waals surface area contributed by atoms with Crippen LogP contribution in [-0.2, 0) is 4.79 Å². The molecule has 1 amide bonds. The van der Waals surface area contributed by atoms with Gasteiger partial charge in [0.25, 0.3) is 5.56 Å². The second-order valence-electron chi connectivity index (χ2n) is 6.58. The van der Waals surface area contributed by atoms with E-state index in [1.54, 1.807) is 13.8 Å². The summed E-state index contributed by atoms with van der Waals surface area (Å²) >= 11 is 0. The highest BCUT2D eigenvalue weighted by Crippen LogP contribution is 2.28. The molecule has 1 atom stereocenters. The van der Waals surface area contributed by atoms with E-state index in [9.17, 15) is 9.59 Å². The van der Waals surface area contributed by atoms with E-state index < -0.39 is 0 Å². The molecule has 3 rings (SSSR count). The Hall–Kier alpha value is -2.15. The molecule has 130 valence electrons. The van der Waals surface area contributed by atoms with Crippen molar-refractivity contribution in [3.63, 3.8) is 0 Å². The molecule has 24 heavy (non-hydrogen) atoms. The van der Waals surface area contributed by atoms with Crippen LogP contribution in [-0.4, -0.2) is 40.6 Å². The number of fused-ring (bicyclic) bond motifs is 1. The summed E-state index contributed by atoms with van der Waals surface area (Å²) in [6.45, 7) is 7.96. The zero-order valence-corrected chi connectivity index (χ0v) is 14.4. The number of hydrogen-bond acceptors (Lipinski definition) is 5. The van der Waals surface area contributed by atoms with Crippen molar-refractivity contribution in [2.45, 2.75) is 40.0 Å². The number of aromatic amines is 1. The number of hydrogen-bond donors (Lipinski definition) is 2. The minimum atomic E-state index is -0.355. The number of carbonyl (C=O) groups is 1. The Morgan fingerprint density at radius 1 is 1.42 bits per heavy atom. The average molecular weight is 332 g/mol. The zero-order chi connectivity index (χ0) is 17.3. The van der Waals surface area contributed by atoms with Crippen molar-refractivity contribution < 1.29 is 9.21 Å². The van der Waals surface area contributed by atoms with E-state index in [0.29, 0.717) is 34.7 Å². The molecule has 0 aromatic carbocycles. The molecule has 7 nitrogen and oxygen atoms in total. The standard InChI is InChI=1S/C17H24N4O3/c1-4-12-6-5-7-21(8-12)9-13(22)18-17-15-14(11(3)24-17)10(2)19-20-16(15)23/h12H,4-9H2,1-3H3,(H,18,22)(H,20,23)/t12-/m1/s1. The first-order chi connectivity index (χ1) is 11.5. The molecule has 0 bridgehead atoms. The number of amides is 1. The van der Waals surface area contributed by atoms with E-state index >= 15 is 0 Å². The molecule has 2 aromatic heterocycles. The summed E-state index contributed by atoms with van der Waals surface area (Å²) in [4.78, 5) is 26.6. The maximum atomic E-state index is 12.4. The van der Waals surface area contributed by atoms with Crippen LogP contribution >= 0.6 is 0 Å². The molecule has 0 spiro atoms. The molecule has 1 fully saturated rings. The number of furan rings is 1. The minimum Gasteiger partial charge on any atom is -0.444 e. The number of nitrogens with zero attached hydrogens (tertiary/aromatic N) is 2. The molecular weight excluding hydrogens is 308 g/mol. The molecule has 1 saturated heterocycles. The second kappa shape index (κ2) is 6.76. The molecule has 0 unspecified atom stereocenters. The smallest absolute Gasteiger partial charge is 0.277 e. The Balaban J connectivity index is 1.77. The Morgan fingerprint density at radius 3 is 2.96 bits per heavy atom. The third-order valence-corrected chi connectivity index (χ3v) is 4.80. The van der Waals surface area contributed by atoms with Gasteiger partial charge >= 0.3 is 0 Å². The third-order valence-electron chi connectivity index (χ3n) is 4.80. The van der Waals surface area contributed by atoms with Crippen LogP contribution in [0, 0.1) is 19.8 Å². The lowest BCUT2D eigenvalue weighted by Crippen LogP contribution is -2.40. The molecule has 7 heteroatoms. The highest BCUT2D eigenvalue weighted by molar-refractivity contribution is 6.01. The van der Waals surface area contributed by atoms with Crippen LogP contribution in [0.25, 0.3) is 10.8 Å². The van der Waals surface area contributed by atoms with Gasteiger partial charge in [-0.15, -0.1) is 0 Å². The maximum Gasteiger partial charge on any atom is 0.277 e. The molecule has 3 heterocycles. The van der Waals surface area contributed by atoms with E-state index in [0.717, 1.165) is 25.9 Å². The van der Waals surface area contributed by atoms with Gasteiger partial charge in [0, 0.05) is 6.54 Å². The van der Waals surface area contributed by atoms with E-state index in [1.165, 1.54) is 6.42 Å². The Bertz CT molecular complexity index is 808. The number of carbonyl (C=O) groups excluding carboxylic acids is 1. The molecule has 0 saturated carbocycles. The molecule has 0 radical (unpaired) electrons. The third kappa shape index (κ3) is 3.21. The fourth-order valence-corrected chi connectivity index (χ4v) is 3.53. The van der Waals surface area contributed by atoms with Gasteiger partial charge in [-0.2, -0.15) is 5.10 Å². The van der Waals surface area contributed by atoms with Crippen LogP contribution in [0.15, 0.2) is 9.21 Å². The molecule has 1 aliphatic heterocycles. The first-order valence-corrected chi connectivity index (χ1v) is 8.50. The summed E-state index contributed by atoms with van der Waals surface area (Å²) < 4.78 is 5.62. The Labute approximate surface area is 140 Å². The summed E-state index contributed by atoms with van der Waals surface area (Å²) in [6.07, 6.45) is 3.50. The average Bonchev–Trinajstić information content (AvgIpc) is 2.88. The fourth-order valence-electron chi connectivity index (χ4n) is 3.53. The predicted molar refractivity (Wildman–Crippen MR) is 92.2 cm³/mol. The molecule has 2 aromatic rings. The number of piperidine rings is 1. The molecule has 0 aliphatic carbocycles. The number of H-pyrrole nitrogens is 1. The van der Waals surface area contributed by atoms with Gasteiger partial charge in [0.15, 0.2) is 0 Å². The van der Waals surface area contributed by atoms with Crippen molar-refractivity contribution in [3.05, 3.63) is 21.8 Å². The van der Waals surface area contributed by atoms with Crippen LogP contribution in [0.3, 0.4) is 0 Å². The van der Waals surface area contributed by atoms with Gasteiger partial charge in [0.2, 0.25) is 11.8 Å². The number of rotatable bonds is 4. The Kier molecular flexibility index (Phi) is 4.71. The number of aromatic nitrogens is 2. The van der Waals surface area contributed by atoms with Crippen molar-refractivity contribution >= 4 is 22.6 Å². The Morgan fingerprint density at radius 2 is 2.21 bits per heavy atom. The minimum absolute atomic E-state index is 0.156.